The fraction of sp³-hybridized carbons (Fsp3) is 0.889. The predicted molar refractivity (Wildman–Crippen MR) is 48.7 cm³/mol. The number of hydrogen-bond donors (Lipinski definition) is 0. The molecule has 112 valence electrons. The normalized spacial score (nSPS) is 23.1. The number of ether oxygens (including phenoxy) is 1. The molecule has 0 aromatic rings. The second-order valence-corrected chi connectivity index (χ2v) is 4.49. The Kier molecular flexibility index (Phi) is 3.57. The number of hydrogen-bond acceptors (Lipinski definition) is 4. The zero-order chi connectivity index (χ0) is 15.3. The van der Waals surface area contributed by atoms with Crippen LogP contribution in [-0.2, 0) is 14.4 Å². The fourth-order valence-electron chi connectivity index (χ4n) is 1.46. The first-order chi connectivity index (χ1) is 8.29. The van der Waals surface area contributed by atoms with Crippen molar-refractivity contribution in [3.05, 3.63) is 0 Å². The maximum atomic E-state index is 12.5. The van der Waals surface area contributed by atoms with E-state index in [2.05, 4.69) is 9.57 Å². The first-order valence-electron chi connectivity index (χ1n) is 4.98. The average Bonchev–Trinajstić information content (AvgIpc) is 2.89. The largest absolute Gasteiger partial charge is 0.467 e. The Bertz CT molecular complexity index is 361. The molecule has 1 heterocycles. The molecule has 0 saturated carbocycles. The molecule has 1 rings (SSSR count). The average molecular weight is 295 g/mol. The van der Waals surface area contributed by atoms with Gasteiger partial charge in [-0.05, 0) is 13.8 Å². The molecule has 0 amide bonds. The highest BCUT2D eigenvalue weighted by Gasteiger charge is 2.85. The summed E-state index contributed by atoms with van der Waals surface area (Å²) in [6, 6.07) is 0. The molecule has 4 nitrogen and oxygen atoms in total. The molecule has 0 aromatic heterocycles. The third kappa shape index (κ3) is 2.50. The number of nitrogens with zero attached hydrogens (tertiary/aromatic N) is 1. The summed E-state index contributed by atoms with van der Waals surface area (Å²) < 4.78 is 79.5. The molecule has 0 N–H and O–H groups in total. The zero-order valence-electron chi connectivity index (χ0n) is 10.1. The van der Waals surface area contributed by atoms with Gasteiger partial charge in [-0.1, -0.05) is 0 Å². The maximum absolute atomic E-state index is 12.5. The number of methoxy groups -OCH3 is 1. The second kappa shape index (κ2) is 4.23. The SMILES string of the molecule is COC(=O)C(C)(C)ON1CC1(C(F)(F)F)C(F)(F)F. The van der Waals surface area contributed by atoms with E-state index >= 15 is 0 Å². The van der Waals surface area contributed by atoms with Gasteiger partial charge in [0.15, 0.2) is 5.60 Å². The lowest BCUT2D eigenvalue weighted by Crippen LogP contribution is -2.51. The van der Waals surface area contributed by atoms with Crippen LogP contribution in [0.2, 0.25) is 0 Å². The minimum Gasteiger partial charge on any atom is -0.467 e. The Morgan fingerprint density at radius 3 is 1.79 bits per heavy atom. The van der Waals surface area contributed by atoms with Crippen molar-refractivity contribution in [3.8, 4) is 0 Å². The van der Waals surface area contributed by atoms with E-state index < -0.39 is 36.0 Å². The fourth-order valence-corrected chi connectivity index (χ4v) is 1.46. The van der Waals surface area contributed by atoms with Gasteiger partial charge in [-0.25, -0.2) is 4.79 Å². The van der Waals surface area contributed by atoms with E-state index in [1.807, 2.05) is 0 Å². The van der Waals surface area contributed by atoms with Crippen LogP contribution in [0.25, 0.3) is 0 Å². The van der Waals surface area contributed by atoms with Crippen LogP contribution in [0.4, 0.5) is 26.3 Å². The van der Waals surface area contributed by atoms with Gasteiger partial charge in [-0.3, -0.25) is 4.84 Å². The number of halogens is 6. The molecule has 19 heavy (non-hydrogen) atoms. The molecule has 10 heteroatoms. The van der Waals surface area contributed by atoms with Gasteiger partial charge in [0, 0.05) is 0 Å². The van der Waals surface area contributed by atoms with Crippen LogP contribution in [-0.4, -0.2) is 48.2 Å². The number of hydroxylamine groups is 2. The van der Waals surface area contributed by atoms with E-state index in [4.69, 9.17) is 0 Å². The second-order valence-electron chi connectivity index (χ2n) is 4.49. The smallest absolute Gasteiger partial charge is 0.419 e. The first-order valence-corrected chi connectivity index (χ1v) is 4.98. The Morgan fingerprint density at radius 1 is 1.11 bits per heavy atom. The summed E-state index contributed by atoms with van der Waals surface area (Å²) >= 11 is 0. The summed E-state index contributed by atoms with van der Waals surface area (Å²) in [7, 11) is 0.941. The van der Waals surface area contributed by atoms with E-state index in [1.165, 1.54) is 0 Å². The number of esters is 1. The highest BCUT2D eigenvalue weighted by Crippen LogP contribution is 2.57. The number of carbonyl (C=O) groups excluding carboxylic acids is 1. The molecule has 1 unspecified atom stereocenters. The summed E-state index contributed by atoms with van der Waals surface area (Å²) in [6.45, 7) is 0.601. The summed E-state index contributed by atoms with van der Waals surface area (Å²) in [5.74, 6) is -1.09. The molecule has 1 saturated heterocycles. The molecule has 1 atom stereocenters. The summed E-state index contributed by atoms with van der Waals surface area (Å²) in [5.41, 5.74) is -6.02. The standard InChI is InChI=1S/C9H11F6NO3/c1-6(2,5(17)18-3)19-16-4-7(16,8(10,11)12)9(13,14)15/h4H2,1-3H3. The molecule has 1 aliphatic rings. The van der Waals surface area contributed by atoms with Crippen LogP contribution < -0.4 is 0 Å². The van der Waals surface area contributed by atoms with E-state index in [0.717, 1.165) is 21.0 Å². The van der Waals surface area contributed by atoms with E-state index in [9.17, 15) is 31.1 Å². The zero-order valence-corrected chi connectivity index (χ0v) is 10.1. The summed E-state index contributed by atoms with van der Waals surface area (Å²) in [4.78, 5) is 15.7. The summed E-state index contributed by atoms with van der Waals surface area (Å²) in [6.07, 6.45) is -11.1. The van der Waals surface area contributed by atoms with E-state index in [-0.39, 0.29) is 5.06 Å². The van der Waals surface area contributed by atoms with Crippen molar-refractivity contribution < 1.29 is 40.7 Å². The van der Waals surface area contributed by atoms with Crippen molar-refractivity contribution in [2.24, 2.45) is 0 Å². The summed E-state index contributed by atoms with van der Waals surface area (Å²) in [5, 5.41) is -0.302. The predicted octanol–water partition coefficient (Wildman–Crippen LogP) is 2.05. The van der Waals surface area contributed by atoms with Crippen molar-refractivity contribution in [2.75, 3.05) is 13.7 Å². The van der Waals surface area contributed by atoms with Crippen LogP contribution in [0.3, 0.4) is 0 Å². The van der Waals surface area contributed by atoms with Crippen molar-refractivity contribution in [2.45, 2.75) is 37.3 Å². The molecule has 0 aromatic carbocycles. The monoisotopic (exact) mass is 295 g/mol. The topological polar surface area (TPSA) is 38.5 Å². The molecular weight excluding hydrogens is 284 g/mol. The lowest BCUT2D eigenvalue weighted by molar-refractivity contribution is -0.319. The molecular formula is C9H11F6NO3. The van der Waals surface area contributed by atoms with Gasteiger partial charge in [-0.2, -0.15) is 31.4 Å². The van der Waals surface area contributed by atoms with Crippen molar-refractivity contribution in [1.29, 1.82) is 0 Å². The van der Waals surface area contributed by atoms with E-state index in [1.54, 1.807) is 0 Å². The Hall–Kier alpha value is -1.03. The maximum Gasteiger partial charge on any atom is 0.419 e. The Balaban J connectivity index is 2.94. The minimum atomic E-state index is -5.56. The third-order valence-electron chi connectivity index (χ3n) is 2.65. The van der Waals surface area contributed by atoms with Crippen LogP contribution in [0.15, 0.2) is 0 Å². The van der Waals surface area contributed by atoms with Gasteiger partial charge in [0.05, 0.1) is 13.7 Å². The van der Waals surface area contributed by atoms with Gasteiger partial charge in [0.1, 0.15) is 0 Å². The first kappa shape index (κ1) is 16.0. The lowest BCUT2D eigenvalue weighted by atomic mass is 10.1. The number of carbonyl (C=O) groups is 1. The molecule has 0 bridgehead atoms. The lowest BCUT2D eigenvalue weighted by Gasteiger charge is -2.27. The van der Waals surface area contributed by atoms with E-state index in [0.29, 0.717) is 0 Å². The van der Waals surface area contributed by atoms with Crippen molar-refractivity contribution >= 4 is 5.97 Å². The third-order valence-corrected chi connectivity index (χ3v) is 2.65. The van der Waals surface area contributed by atoms with Crippen LogP contribution >= 0.6 is 0 Å². The highest BCUT2D eigenvalue weighted by molar-refractivity contribution is 5.78. The van der Waals surface area contributed by atoms with Gasteiger partial charge >= 0.3 is 18.3 Å². The van der Waals surface area contributed by atoms with Gasteiger partial charge < -0.3 is 4.74 Å². The Labute approximate surface area is 104 Å². The van der Waals surface area contributed by atoms with Crippen molar-refractivity contribution in [3.63, 3.8) is 0 Å². The number of rotatable bonds is 3. The molecule has 1 fully saturated rings. The molecule has 0 spiro atoms. The molecule has 0 aliphatic carbocycles. The Morgan fingerprint density at radius 2 is 1.53 bits per heavy atom. The molecule has 1 aliphatic heterocycles. The number of alkyl halides is 6. The molecule has 0 radical (unpaired) electrons. The van der Waals surface area contributed by atoms with Gasteiger partial charge in [0.2, 0.25) is 0 Å². The quantitative estimate of drug-likeness (QED) is 0.454. The van der Waals surface area contributed by atoms with Crippen LogP contribution in [0.5, 0.6) is 0 Å². The van der Waals surface area contributed by atoms with Crippen molar-refractivity contribution in [1.82, 2.24) is 5.06 Å². The van der Waals surface area contributed by atoms with Crippen LogP contribution in [0.1, 0.15) is 13.8 Å². The van der Waals surface area contributed by atoms with Gasteiger partial charge in [-0.15, -0.1) is 0 Å². The minimum absolute atomic E-state index is 0.302. The van der Waals surface area contributed by atoms with Gasteiger partial charge in [0.25, 0.3) is 5.54 Å². The van der Waals surface area contributed by atoms with Crippen LogP contribution in [0, 0.1) is 0 Å². The highest BCUT2D eigenvalue weighted by atomic mass is 19.4.